The van der Waals surface area contributed by atoms with E-state index >= 15 is 0 Å². The lowest BCUT2D eigenvalue weighted by atomic mass is 9.79. The molecule has 2 rings (SSSR count). The third kappa shape index (κ3) is 3.11. The van der Waals surface area contributed by atoms with Gasteiger partial charge in [-0.25, -0.2) is 0 Å². The van der Waals surface area contributed by atoms with Crippen LogP contribution < -0.4 is 16.0 Å². The number of hydrogen-bond donors (Lipinski definition) is 2. The van der Waals surface area contributed by atoms with Gasteiger partial charge in [-0.3, -0.25) is 4.79 Å². The Balaban J connectivity index is 2.06. The second-order valence-electron chi connectivity index (χ2n) is 5.49. The highest BCUT2D eigenvalue weighted by molar-refractivity contribution is 5.95. The Kier molecular flexibility index (Phi) is 4.62. The molecule has 1 aromatic carbocycles. The monoisotopic (exact) mass is 277 g/mol. The number of ether oxygens (including phenoxy) is 1. The van der Waals surface area contributed by atoms with Crippen molar-refractivity contribution in [3.8, 4) is 0 Å². The van der Waals surface area contributed by atoms with Crippen molar-refractivity contribution in [2.75, 3.05) is 44.1 Å². The molecule has 0 radical (unpaired) electrons. The summed E-state index contributed by atoms with van der Waals surface area (Å²) >= 11 is 0. The topological polar surface area (TPSA) is 67.6 Å². The van der Waals surface area contributed by atoms with E-state index in [0.717, 1.165) is 11.4 Å². The summed E-state index contributed by atoms with van der Waals surface area (Å²) < 4.78 is 5.33. The molecule has 0 bridgehead atoms. The molecule has 0 saturated carbocycles. The van der Waals surface area contributed by atoms with Gasteiger partial charge >= 0.3 is 0 Å². The lowest BCUT2D eigenvalue weighted by molar-refractivity contribution is -0.130. The van der Waals surface area contributed by atoms with Gasteiger partial charge in [-0.1, -0.05) is 0 Å². The molecule has 110 valence electrons. The van der Waals surface area contributed by atoms with Crippen molar-refractivity contribution >= 4 is 17.3 Å². The van der Waals surface area contributed by atoms with Crippen molar-refractivity contribution in [1.82, 2.24) is 0 Å². The first-order chi connectivity index (χ1) is 9.57. The van der Waals surface area contributed by atoms with Crippen molar-refractivity contribution < 1.29 is 9.53 Å². The molecule has 1 aromatic rings. The largest absolute Gasteiger partial charge is 0.381 e. The lowest BCUT2D eigenvalue weighted by Crippen LogP contribution is -2.46. The van der Waals surface area contributed by atoms with Crippen molar-refractivity contribution in [1.29, 1.82) is 0 Å². The predicted octanol–water partition coefficient (Wildman–Crippen LogP) is 1.45. The van der Waals surface area contributed by atoms with Crippen LogP contribution in [0.25, 0.3) is 0 Å². The molecule has 0 atom stereocenters. The Labute approximate surface area is 120 Å². The summed E-state index contributed by atoms with van der Waals surface area (Å²) in [5.41, 5.74) is 7.25. The van der Waals surface area contributed by atoms with E-state index in [0.29, 0.717) is 32.6 Å². The van der Waals surface area contributed by atoms with Crippen molar-refractivity contribution in [2.45, 2.75) is 12.8 Å². The van der Waals surface area contributed by atoms with Gasteiger partial charge < -0.3 is 20.7 Å². The van der Waals surface area contributed by atoms with Gasteiger partial charge in [0.05, 0.1) is 5.41 Å². The first-order valence-electron chi connectivity index (χ1n) is 6.94. The van der Waals surface area contributed by atoms with Gasteiger partial charge in [0.25, 0.3) is 0 Å². The number of nitrogens with one attached hydrogen (secondary N) is 1. The molecule has 20 heavy (non-hydrogen) atoms. The molecule has 1 aliphatic rings. The molecule has 1 aliphatic heterocycles. The van der Waals surface area contributed by atoms with Crippen molar-refractivity contribution in [3.63, 3.8) is 0 Å². The van der Waals surface area contributed by atoms with Crippen molar-refractivity contribution in [3.05, 3.63) is 24.3 Å². The fourth-order valence-electron chi connectivity index (χ4n) is 2.39. The van der Waals surface area contributed by atoms with Crippen LogP contribution in [0, 0.1) is 5.41 Å². The van der Waals surface area contributed by atoms with E-state index in [1.165, 1.54) is 0 Å². The smallest absolute Gasteiger partial charge is 0.232 e. The summed E-state index contributed by atoms with van der Waals surface area (Å²) in [4.78, 5) is 14.5. The molecule has 3 N–H and O–H groups in total. The second kappa shape index (κ2) is 6.24. The molecular formula is C15H23N3O2. The number of hydrogen-bond acceptors (Lipinski definition) is 4. The van der Waals surface area contributed by atoms with Crippen LogP contribution in [0.1, 0.15) is 12.8 Å². The van der Waals surface area contributed by atoms with Crippen LogP contribution in [-0.2, 0) is 9.53 Å². The van der Waals surface area contributed by atoms with Crippen LogP contribution in [-0.4, -0.2) is 39.8 Å². The van der Waals surface area contributed by atoms with E-state index in [-0.39, 0.29) is 5.91 Å². The maximum Gasteiger partial charge on any atom is 0.232 e. The fraction of sp³-hybridized carbons (Fsp3) is 0.533. The lowest BCUT2D eigenvalue weighted by Gasteiger charge is -2.34. The number of nitrogens with two attached hydrogens (primary N) is 1. The first-order valence-corrected chi connectivity index (χ1v) is 6.94. The SMILES string of the molecule is CN(C)c1ccc(NC(=O)C2(CN)CCOCC2)cc1. The number of benzene rings is 1. The molecule has 1 saturated heterocycles. The first kappa shape index (κ1) is 14.8. The maximum absolute atomic E-state index is 12.5. The molecule has 5 nitrogen and oxygen atoms in total. The summed E-state index contributed by atoms with van der Waals surface area (Å²) in [7, 11) is 3.97. The predicted molar refractivity (Wildman–Crippen MR) is 80.9 cm³/mol. The van der Waals surface area contributed by atoms with Gasteiger partial charge in [0, 0.05) is 45.2 Å². The Morgan fingerprint density at radius 1 is 1.30 bits per heavy atom. The number of nitrogens with zero attached hydrogens (tertiary/aromatic N) is 1. The van der Waals surface area contributed by atoms with Crippen LogP contribution in [0.2, 0.25) is 0 Å². The Morgan fingerprint density at radius 3 is 2.40 bits per heavy atom. The number of carbonyl (C=O) groups is 1. The molecule has 0 spiro atoms. The number of carbonyl (C=O) groups excluding carboxylic acids is 1. The van der Waals surface area contributed by atoms with E-state index < -0.39 is 5.41 Å². The van der Waals surface area contributed by atoms with Crippen molar-refractivity contribution in [2.24, 2.45) is 11.1 Å². The van der Waals surface area contributed by atoms with E-state index in [9.17, 15) is 4.79 Å². The highest BCUT2D eigenvalue weighted by atomic mass is 16.5. The van der Waals surface area contributed by atoms with Gasteiger partial charge in [0.15, 0.2) is 0 Å². The Morgan fingerprint density at radius 2 is 1.90 bits per heavy atom. The van der Waals surface area contributed by atoms with Crippen LogP contribution >= 0.6 is 0 Å². The molecular weight excluding hydrogens is 254 g/mol. The molecule has 0 aliphatic carbocycles. The fourth-order valence-corrected chi connectivity index (χ4v) is 2.39. The minimum Gasteiger partial charge on any atom is -0.381 e. The van der Waals surface area contributed by atoms with Crippen LogP contribution in [0.3, 0.4) is 0 Å². The molecule has 0 unspecified atom stereocenters. The minimum absolute atomic E-state index is 0.000836. The Hall–Kier alpha value is -1.59. The summed E-state index contributed by atoms with van der Waals surface area (Å²) in [6.45, 7) is 1.56. The van der Waals surface area contributed by atoms with Gasteiger partial charge in [0.1, 0.15) is 0 Å². The third-order valence-electron chi connectivity index (χ3n) is 3.96. The van der Waals surface area contributed by atoms with Gasteiger partial charge in [-0.2, -0.15) is 0 Å². The molecule has 1 heterocycles. The number of amides is 1. The molecule has 1 amide bonds. The highest BCUT2D eigenvalue weighted by Gasteiger charge is 2.38. The maximum atomic E-state index is 12.5. The normalized spacial score (nSPS) is 17.6. The van der Waals surface area contributed by atoms with Gasteiger partial charge in [-0.05, 0) is 37.1 Å². The molecule has 1 fully saturated rings. The second-order valence-corrected chi connectivity index (χ2v) is 5.49. The number of rotatable bonds is 4. The zero-order chi connectivity index (χ0) is 14.6. The molecule has 0 aromatic heterocycles. The van der Waals surface area contributed by atoms with Gasteiger partial charge in [-0.15, -0.1) is 0 Å². The Bertz CT molecular complexity index is 451. The van der Waals surface area contributed by atoms with E-state index in [1.807, 2.05) is 43.3 Å². The van der Waals surface area contributed by atoms with E-state index in [4.69, 9.17) is 10.5 Å². The highest BCUT2D eigenvalue weighted by Crippen LogP contribution is 2.31. The van der Waals surface area contributed by atoms with E-state index in [1.54, 1.807) is 0 Å². The van der Waals surface area contributed by atoms with E-state index in [2.05, 4.69) is 5.32 Å². The van der Waals surface area contributed by atoms with Crippen LogP contribution in [0.4, 0.5) is 11.4 Å². The average Bonchev–Trinajstić information content (AvgIpc) is 2.48. The standard InChI is InChI=1S/C15H23N3O2/c1-18(2)13-5-3-12(4-6-13)17-14(19)15(11-16)7-9-20-10-8-15/h3-6H,7-11,16H2,1-2H3,(H,17,19). The summed E-state index contributed by atoms with van der Waals surface area (Å²) in [6.07, 6.45) is 1.37. The number of anilines is 2. The molecule has 5 heteroatoms. The minimum atomic E-state index is -0.488. The quantitative estimate of drug-likeness (QED) is 0.874. The summed E-state index contributed by atoms with van der Waals surface area (Å²) in [6, 6.07) is 7.79. The zero-order valence-corrected chi connectivity index (χ0v) is 12.2. The summed E-state index contributed by atoms with van der Waals surface area (Å²) in [5.74, 6) is 0.000836. The summed E-state index contributed by atoms with van der Waals surface area (Å²) in [5, 5.41) is 2.98. The van der Waals surface area contributed by atoms with Gasteiger partial charge in [0.2, 0.25) is 5.91 Å². The third-order valence-corrected chi connectivity index (χ3v) is 3.96. The average molecular weight is 277 g/mol. The van der Waals surface area contributed by atoms with Crippen LogP contribution in [0.15, 0.2) is 24.3 Å². The van der Waals surface area contributed by atoms with Crippen LogP contribution in [0.5, 0.6) is 0 Å². The zero-order valence-electron chi connectivity index (χ0n) is 12.2.